The Morgan fingerprint density at radius 3 is 2.77 bits per heavy atom. The molecule has 26 heavy (non-hydrogen) atoms. The molecule has 1 saturated heterocycles. The second kappa shape index (κ2) is 6.74. The van der Waals surface area contributed by atoms with Crippen LogP contribution in [0.15, 0.2) is 58.6 Å². The Kier molecular flexibility index (Phi) is 4.42. The van der Waals surface area contributed by atoms with Gasteiger partial charge in [0, 0.05) is 30.4 Å². The van der Waals surface area contributed by atoms with Crippen LogP contribution in [-0.4, -0.2) is 37.7 Å². The third kappa shape index (κ3) is 2.87. The monoisotopic (exact) mass is 371 g/mol. The molecule has 0 amide bonds. The van der Waals surface area contributed by atoms with E-state index in [1.807, 2.05) is 4.57 Å². The number of nitrogens with zero attached hydrogens (tertiary/aromatic N) is 2. The van der Waals surface area contributed by atoms with E-state index in [9.17, 15) is 8.42 Å². The molecule has 0 spiro atoms. The first-order chi connectivity index (χ1) is 12.6. The zero-order valence-corrected chi connectivity index (χ0v) is 15.4. The number of nitrogens with one attached hydrogen (secondary N) is 1. The van der Waals surface area contributed by atoms with Crippen molar-refractivity contribution in [1.29, 1.82) is 0 Å². The van der Waals surface area contributed by atoms with Gasteiger partial charge in [0.1, 0.15) is 5.52 Å². The van der Waals surface area contributed by atoms with E-state index >= 15 is 0 Å². The van der Waals surface area contributed by atoms with Gasteiger partial charge in [-0.1, -0.05) is 18.2 Å². The fourth-order valence-electron chi connectivity index (χ4n) is 3.57. The van der Waals surface area contributed by atoms with Crippen LogP contribution >= 0.6 is 0 Å². The maximum atomic E-state index is 13.2. The van der Waals surface area contributed by atoms with Crippen LogP contribution in [0.5, 0.6) is 5.88 Å². The highest BCUT2D eigenvalue weighted by Crippen LogP contribution is 2.34. The van der Waals surface area contributed by atoms with Crippen molar-refractivity contribution in [1.82, 2.24) is 14.9 Å². The third-order valence-electron chi connectivity index (χ3n) is 4.83. The van der Waals surface area contributed by atoms with Gasteiger partial charge in [-0.3, -0.25) is 0 Å². The van der Waals surface area contributed by atoms with Gasteiger partial charge in [0.05, 0.1) is 16.9 Å². The smallest absolute Gasteiger partial charge is 0.238 e. The number of aromatic nitrogens is 2. The van der Waals surface area contributed by atoms with Crippen molar-refractivity contribution in [3.05, 3.63) is 48.8 Å². The summed E-state index contributed by atoms with van der Waals surface area (Å²) in [5.74, 6) is 0.440. The summed E-state index contributed by atoms with van der Waals surface area (Å²) < 4.78 is 33.8. The molecule has 136 valence electrons. The molecule has 2 aromatic heterocycles. The molecule has 0 aliphatic carbocycles. The lowest BCUT2D eigenvalue weighted by Crippen LogP contribution is -2.26. The average Bonchev–Trinajstić information content (AvgIpc) is 3.31. The van der Waals surface area contributed by atoms with Crippen LogP contribution in [0.1, 0.15) is 12.8 Å². The van der Waals surface area contributed by atoms with E-state index in [1.54, 1.807) is 55.9 Å². The third-order valence-corrected chi connectivity index (χ3v) is 6.63. The lowest BCUT2D eigenvalue weighted by atomic mass is 10.2. The lowest BCUT2D eigenvalue weighted by Gasteiger charge is -2.13. The summed E-state index contributed by atoms with van der Waals surface area (Å²) in [5.41, 5.74) is 0.721. The molecule has 1 N–H and O–H groups in total. The number of pyridine rings is 1. The Morgan fingerprint density at radius 1 is 1.27 bits per heavy atom. The van der Waals surface area contributed by atoms with E-state index in [1.165, 1.54) is 0 Å². The van der Waals surface area contributed by atoms with E-state index in [2.05, 4.69) is 10.3 Å². The number of hydrogen-bond acceptors (Lipinski definition) is 5. The van der Waals surface area contributed by atoms with Gasteiger partial charge in [0.25, 0.3) is 0 Å². The molecule has 1 fully saturated rings. The van der Waals surface area contributed by atoms with Gasteiger partial charge < -0.3 is 14.6 Å². The summed E-state index contributed by atoms with van der Waals surface area (Å²) in [5, 5.41) is 4.09. The van der Waals surface area contributed by atoms with Crippen LogP contribution in [0.2, 0.25) is 0 Å². The van der Waals surface area contributed by atoms with Crippen molar-refractivity contribution < 1.29 is 13.2 Å². The average molecular weight is 371 g/mol. The van der Waals surface area contributed by atoms with Crippen LogP contribution in [0.3, 0.4) is 0 Å². The number of hydrogen-bond donors (Lipinski definition) is 1. The Bertz CT molecular complexity index is 1020. The lowest BCUT2D eigenvalue weighted by molar-refractivity contribution is 0.399. The van der Waals surface area contributed by atoms with Crippen molar-refractivity contribution in [2.45, 2.75) is 35.2 Å². The van der Waals surface area contributed by atoms with E-state index in [4.69, 9.17) is 4.74 Å². The van der Waals surface area contributed by atoms with Crippen LogP contribution in [0, 0.1) is 0 Å². The van der Waals surface area contributed by atoms with Crippen molar-refractivity contribution in [3.8, 4) is 5.88 Å². The number of rotatable bonds is 5. The molecule has 3 aromatic rings. The SMILES string of the molecule is COc1nccc2c(S(=O)(=O)c3ccccc3)cn(CC3CCCN3)c12. The Hall–Kier alpha value is -2.38. The molecule has 1 unspecified atom stereocenters. The summed E-state index contributed by atoms with van der Waals surface area (Å²) >= 11 is 0. The zero-order valence-electron chi connectivity index (χ0n) is 14.6. The number of sulfone groups is 1. The molecule has 1 atom stereocenters. The molecule has 1 aliphatic heterocycles. The van der Waals surface area contributed by atoms with E-state index < -0.39 is 9.84 Å². The van der Waals surface area contributed by atoms with Crippen LogP contribution in [0.25, 0.3) is 10.9 Å². The fraction of sp³-hybridized carbons (Fsp3) is 0.316. The Balaban J connectivity index is 1.90. The number of benzene rings is 1. The minimum atomic E-state index is -3.63. The van der Waals surface area contributed by atoms with E-state index in [-0.39, 0.29) is 9.79 Å². The fourth-order valence-corrected chi connectivity index (χ4v) is 5.06. The summed E-state index contributed by atoms with van der Waals surface area (Å²) in [6.45, 7) is 1.68. The van der Waals surface area contributed by atoms with Crippen molar-refractivity contribution >= 4 is 20.7 Å². The van der Waals surface area contributed by atoms with Gasteiger partial charge in [-0.05, 0) is 37.6 Å². The summed E-state index contributed by atoms with van der Waals surface area (Å²) in [7, 11) is -2.07. The minimum absolute atomic E-state index is 0.286. The molecule has 7 heteroatoms. The number of methoxy groups -OCH3 is 1. The largest absolute Gasteiger partial charge is 0.479 e. The highest BCUT2D eigenvalue weighted by molar-refractivity contribution is 7.91. The maximum Gasteiger partial charge on any atom is 0.238 e. The highest BCUT2D eigenvalue weighted by atomic mass is 32.2. The molecule has 0 saturated carbocycles. The van der Waals surface area contributed by atoms with Crippen LogP contribution in [-0.2, 0) is 16.4 Å². The van der Waals surface area contributed by atoms with Gasteiger partial charge >= 0.3 is 0 Å². The van der Waals surface area contributed by atoms with Gasteiger partial charge in [0.2, 0.25) is 15.7 Å². The number of fused-ring (bicyclic) bond motifs is 1. The quantitative estimate of drug-likeness (QED) is 0.746. The second-order valence-corrected chi connectivity index (χ2v) is 8.39. The normalized spacial score (nSPS) is 17.7. The first kappa shape index (κ1) is 17.1. The van der Waals surface area contributed by atoms with Crippen molar-refractivity contribution in [3.63, 3.8) is 0 Å². The van der Waals surface area contributed by atoms with Crippen molar-refractivity contribution in [2.24, 2.45) is 0 Å². The standard InChI is InChI=1S/C19H21N3O3S/c1-25-19-18-16(9-11-21-19)17(13-22(18)12-14-6-5-10-20-14)26(23,24)15-7-3-2-4-8-15/h2-4,7-9,11,13-14,20H,5-6,10,12H2,1H3. The molecule has 4 rings (SSSR count). The molecular formula is C19H21N3O3S. The maximum absolute atomic E-state index is 13.2. The summed E-state index contributed by atoms with van der Waals surface area (Å²) in [6, 6.07) is 10.6. The zero-order chi connectivity index (χ0) is 18.1. The Labute approximate surface area is 152 Å². The first-order valence-corrected chi connectivity index (χ1v) is 10.1. The number of ether oxygens (including phenoxy) is 1. The minimum Gasteiger partial charge on any atom is -0.479 e. The van der Waals surface area contributed by atoms with Gasteiger partial charge in [-0.15, -0.1) is 0 Å². The van der Waals surface area contributed by atoms with E-state index in [0.717, 1.165) is 24.9 Å². The molecular weight excluding hydrogens is 350 g/mol. The molecule has 0 bridgehead atoms. The molecule has 1 aromatic carbocycles. The van der Waals surface area contributed by atoms with Crippen LogP contribution < -0.4 is 10.1 Å². The van der Waals surface area contributed by atoms with Gasteiger partial charge in [-0.25, -0.2) is 13.4 Å². The Morgan fingerprint density at radius 2 is 2.08 bits per heavy atom. The molecule has 1 aliphatic rings. The predicted molar refractivity (Wildman–Crippen MR) is 99.2 cm³/mol. The molecule has 6 nitrogen and oxygen atoms in total. The highest BCUT2D eigenvalue weighted by Gasteiger charge is 2.26. The predicted octanol–water partition coefficient (Wildman–Crippen LogP) is 2.63. The summed E-state index contributed by atoms with van der Waals surface area (Å²) in [6.07, 6.45) is 5.51. The summed E-state index contributed by atoms with van der Waals surface area (Å²) in [4.78, 5) is 4.85. The van der Waals surface area contributed by atoms with Gasteiger partial charge in [-0.2, -0.15) is 0 Å². The molecule has 0 radical (unpaired) electrons. The second-order valence-electron chi connectivity index (χ2n) is 6.47. The molecule has 3 heterocycles. The van der Waals surface area contributed by atoms with Crippen LogP contribution in [0.4, 0.5) is 0 Å². The van der Waals surface area contributed by atoms with E-state index in [0.29, 0.717) is 23.9 Å². The topological polar surface area (TPSA) is 73.2 Å². The first-order valence-electron chi connectivity index (χ1n) is 8.66. The van der Waals surface area contributed by atoms with Gasteiger partial charge in [0.15, 0.2) is 0 Å². The van der Waals surface area contributed by atoms with Crippen molar-refractivity contribution in [2.75, 3.05) is 13.7 Å².